The second-order valence-corrected chi connectivity index (χ2v) is 12.1. The van der Waals surface area contributed by atoms with Crippen LogP contribution in [0.25, 0.3) is 0 Å². The molecule has 3 rings (SSSR count). The molecule has 0 aromatic heterocycles. The van der Waals surface area contributed by atoms with Gasteiger partial charge in [0, 0.05) is 24.0 Å². The monoisotopic (exact) mass is 394 g/mol. The van der Waals surface area contributed by atoms with Crippen LogP contribution in [0, 0.1) is 16.7 Å². The van der Waals surface area contributed by atoms with Gasteiger partial charge < -0.3 is 17.3 Å². The van der Waals surface area contributed by atoms with E-state index in [1.54, 1.807) is 0 Å². The van der Waals surface area contributed by atoms with E-state index in [4.69, 9.17) is 0 Å². The van der Waals surface area contributed by atoms with E-state index in [1.165, 1.54) is 30.6 Å². The van der Waals surface area contributed by atoms with Crippen LogP contribution in [-0.4, -0.2) is 24.5 Å². The van der Waals surface area contributed by atoms with E-state index in [2.05, 4.69) is 68.2 Å². The summed E-state index contributed by atoms with van der Waals surface area (Å²) in [5.41, 5.74) is 2.64. The summed E-state index contributed by atoms with van der Waals surface area (Å²) in [6, 6.07) is 11.2. The van der Waals surface area contributed by atoms with Gasteiger partial charge in [0.15, 0.2) is 0 Å². The molecular formula is C18H27BF4S2. The van der Waals surface area contributed by atoms with Gasteiger partial charge in [0.05, 0.1) is 20.7 Å². The van der Waals surface area contributed by atoms with Crippen LogP contribution in [0.3, 0.4) is 0 Å². The van der Waals surface area contributed by atoms with Crippen molar-refractivity contribution in [3.63, 3.8) is 0 Å². The van der Waals surface area contributed by atoms with Crippen molar-refractivity contribution < 1.29 is 17.3 Å². The van der Waals surface area contributed by atoms with Gasteiger partial charge in [0.25, 0.3) is 0 Å². The molecule has 1 heterocycles. The third-order valence-corrected chi connectivity index (χ3v) is 11.1. The van der Waals surface area contributed by atoms with Crippen molar-refractivity contribution in [1.82, 2.24) is 0 Å². The lowest BCUT2D eigenvalue weighted by Crippen LogP contribution is -2.51. The van der Waals surface area contributed by atoms with Crippen LogP contribution < -0.4 is 0 Å². The molecule has 0 spiro atoms. The van der Waals surface area contributed by atoms with E-state index < -0.39 is 7.25 Å². The minimum absolute atomic E-state index is 0.520. The predicted octanol–water partition coefficient (Wildman–Crippen LogP) is 6.25. The van der Waals surface area contributed by atoms with Gasteiger partial charge in [-0.05, 0) is 23.8 Å². The highest BCUT2D eigenvalue weighted by atomic mass is 33.1. The summed E-state index contributed by atoms with van der Waals surface area (Å²) < 4.78 is 39.0. The lowest BCUT2D eigenvalue weighted by atomic mass is 9.65. The van der Waals surface area contributed by atoms with Crippen molar-refractivity contribution in [3.05, 3.63) is 35.9 Å². The predicted molar refractivity (Wildman–Crippen MR) is 104 cm³/mol. The Labute approximate surface area is 155 Å². The van der Waals surface area contributed by atoms with Gasteiger partial charge in [-0.15, -0.1) is 0 Å². The molecule has 4 atom stereocenters. The molecule has 25 heavy (non-hydrogen) atoms. The molecule has 1 unspecified atom stereocenters. The number of hydrogen-bond donors (Lipinski definition) is 0. The number of hydrogen-bond acceptors (Lipinski definition) is 1. The first kappa shape index (κ1) is 21.0. The maximum absolute atomic E-state index is 9.75. The van der Waals surface area contributed by atoms with Crippen molar-refractivity contribution in [3.8, 4) is 0 Å². The van der Waals surface area contributed by atoms with Crippen LogP contribution in [-0.2, 0) is 16.3 Å². The molecule has 0 radical (unpaired) electrons. The summed E-state index contributed by atoms with van der Waals surface area (Å²) in [6.07, 6.45) is 6.52. The number of halogens is 4. The van der Waals surface area contributed by atoms with E-state index in [-0.39, 0.29) is 0 Å². The van der Waals surface area contributed by atoms with E-state index in [9.17, 15) is 17.3 Å². The van der Waals surface area contributed by atoms with E-state index in [0.29, 0.717) is 20.8 Å². The normalized spacial score (nSPS) is 33.5. The third kappa shape index (κ3) is 4.91. The molecule has 1 aliphatic heterocycles. The lowest BCUT2D eigenvalue weighted by Gasteiger charge is -2.47. The Hall–Kier alpha value is -0.295. The Balaban J connectivity index is 0.000000399. The largest absolute Gasteiger partial charge is 0.673 e. The summed E-state index contributed by atoms with van der Waals surface area (Å²) in [7, 11) is -3.31. The highest BCUT2D eigenvalue weighted by molar-refractivity contribution is 8.74. The molecule has 1 saturated heterocycles. The maximum Gasteiger partial charge on any atom is 0.673 e. The van der Waals surface area contributed by atoms with Crippen molar-refractivity contribution in [2.24, 2.45) is 16.7 Å². The quantitative estimate of drug-likeness (QED) is 0.253. The Bertz CT molecular complexity index is 558. The first-order valence-electron chi connectivity index (χ1n) is 8.63. The van der Waals surface area contributed by atoms with Crippen molar-refractivity contribution in [2.45, 2.75) is 45.3 Å². The molecular weight excluding hydrogens is 367 g/mol. The molecule has 0 amide bonds. The zero-order valence-corrected chi connectivity index (χ0v) is 16.9. The van der Waals surface area contributed by atoms with Crippen LogP contribution in [0.5, 0.6) is 0 Å². The van der Waals surface area contributed by atoms with Gasteiger partial charge >= 0.3 is 7.25 Å². The standard InChI is InChI=1S/C18H27S2.BF4/c1-17(2)15-10-11-18(17,3)13-20(19-4)16(15)12-14-8-6-5-7-9-14;2-1(3,4)5/h5-9,15-16H,10-13H2,1-4H3;/q+1;-1/t15-,16-,18+,20?;/m1./s1. The fourth-order valence-corrected chi connectivity index (χ4v) is 9.81. The summed E-state index contributed by atoms with van der Waals surface area (Å²) in [6.45, 7) is 7.65. The van der Waals surface area contributed by atoms with Gasteiger partial charge in [-0.2, -0.15) is 0 Å². The minimum Gasteiger partial charge on any atom is -0.418 e. The molecule has 2 bridgehead atoms. The van der Waals surface area contributed by atoms with Crippen LogP contribution in [0.2, 0.25) is 0 Å². The second kappa shape index (κ2) is 7.75. The highest BCUT2D eigenvalue weighted by Crippen LogP contribution is 2.63. The minimum atomic E-state index is -6.00. The first-order chi connectivity index (χ1) is 11.5. The van der Waals surface area contributed by atoms with Crippen molar-refractivity contribution in [2.75, 3.05) is 12.0 Å². The van der Waals surface area contributed by atoms with Gasteiger partial charge in [0.2, 0.25) is 0 Å². The molecule has 0 N–H and O–H groups in total. The zero-order valence-electron chi connectivity index (χ0n) is 15.3. The molecule has 142 valence electrons. The van der Waals surface area contributed by atoms with Crippen LogP contribution in [0.15, 0.2) is 30.3 Å². The first-order valence-corrected chi connectivity index (χ1v) is 11.8. The molecule has 2 aliphatic rings. The van der Waals surface area contributed by atoms with E-state index in [1.807, 2.05) is 0 Å². The maximum atomic E-state index is 9.75. The topological polar surface area (TPSA) is 0 Å². The van der Waals surface area contributed by atoms with Crippen LogP contribution >= 0.6 is 10.8 Å². The Kier molecular flexibility index (Phi) is 6.51. The van der Waals surface area contributed by atoms with Crippen LogP contribution in [0.4, 0.5) is 17.3 Å². The van der Waals surface area contributed by atoms with E-state index in [0.717, 1.165) is 11.2 Å². The Morgan fingerprint density at radius 2 is 1.68 bits per heavy atom. The summed E-state index contributed by atoms with van der Waals surface area (Å²) in [4.78, 5) is 0. The molecule has 1 aliphatic carbocycles. The Morgan fingerprint density at radius 1 is 1.12 bits per heavy atom. The van der Waals surface area contributed by atoms with Gasteiger partial charge in [0.1, 0.15) is 11.0 Å². The Morgan fingerprint density at radius 3 is 2.20 bits per heavy atom. The molecule has 1 saturated carbocycles. The SMILES string of the molecule is CS[S+]1C[C@]2(C)CC[C@H]([C@H]1Cc1ccccc1)C2(C)C.F[B-](F)(F)F. The molecule has 2 fully saturated rings. The van der Waals surface area contributed by atoms with Crippen molar-refractivity contribution in [1.29, 1.82) is 0 Å². The van der Waals surface area contributed by atoms with Gasteiger partial charge in [-0.25, -0.2) is 0 Å². The van der Waals surface area contributed by atoms with Crippen molar-refractivity contribution >= 4 is 28.0 Å². The number of benzene rings is 1. The number of fused-ring (bicyclic) bond motifs is 2. The average molecular weight is 394 g/mol. The summed E-state index contributed by atoms with van der Waals surface area (Å²) in [5, 5.41) is 0.887. The van der Waals surface area contributed by atoms with Gasteiger partial charge in [-0.1, -0.05) is 51.1 Å². The fourth-order valence-electron chi connectivity index (χ4n) is 4.38. The molecule has 1 aromatic carbocycles. The smallest absolute Gasteiger partial charge is 0.418 e. The lowest BCUT2D eigenvalue weighted by molar-refractivity contribution is 0.0995. The fraction of sp³-hybridized carbons (Fsp3) is 0.667. The summed E-state index contributed by atoms with van der Waals surface area (Å²) >= 11 is 0. The average Bonchev–Trinajstić information content (AvgIpc) is 2.64. The zero-order chi connectivity index (χ0) is 18.9. The highest BCUT2D eigenvalue weighted by Gasteiger charge is 2.64. The molecule has 0 nitrogen and oxygen atoms in total. The third-order valence-electron chi connectivity index (χ3n) is 6.23. The molecule has 1 aromatic rings. The number of rotatable bonds is 3. The molecule has 7 heteroatoms. The summed E-state index contributed by atoms with van der Waals surface area (Å²) in [5.74, 6) is 2.35. The van der Waals surface area contributed by atoms with Gasteiger partial charge in [-0.3, -0.25) is 0 Å². The second-order valence-electron chi connectivity index (χ2n) is 7.84. The van der Waals surface area contributed by atoms with Crippen LogP contribution in [0.1, 0.15) is 39.2 Å². The van der Waals surface area contributed by atoms with E-state index >= 15 is 0 Å².